The number of ether oxygens (including phenoxy) is 2. The van der Waals surface area contributed by atoms with Crippen molar-refractivity contribution in [3.8, 4) is 0 Å². The minimum atomic E-state index is -0.454. The van der Waals surface area contributed by atoms with Crippen LogP contribution in [0, 0.1) is 24.7 Å². The summed E-state index contributed by atoms with van der Waals surface area (Å²) < 4.78 is 10.0. The Kier molecular flexibility index (Phi) is 16.2. The van der Waals surface area contributed by atoms with Crippen LogP contribution in [0.3, 0.4) is 0 Å². The Labute approximate surface area is 247 Å². The maximum Gasteiger partial charge on any atom is 0.323 e. The van der Waals surface area contributed by atoms with Crippen molar-refractivity contribution in [3.05, 3.63) is 53.6 Å². The van der Waals surface area contributed by atoms with Crippen molar-refractivity contribution in [3.63, 3.8) is 0 Å². The number of aryl methyl sites for hydroxylation is 2. The average molecular weight is 570 g/mol. The Morgan fingerprint density at radius 2 is 1.37 bits per heavy atom. The van der Waals surface area contributed by atoms with E-state index in [1.165, 1.54) is 0 Å². The lowest BCUT2D eigenvalue weighted by molar-refractivity contribution is -0.167. The number of hydrogen-bond donors (Lipinski definition) is 2. The first-order chi connectivity index (χ1) is 19.4. The van der Waals surface area contributed by atoms with Crippen LogP contribution in [0.25, 0.3) is 0 Å². The van der Waals surface area contributed by atoms with Crippen LogP contribution in [-0.2, 0) is 25.5 Å². The number of urea groups is 1. The van der Waals surface area contributed by atoms with Gasteiger partial charge in [-0.25, -0.2) is 4.79 Å². The molecule has 8 nitrogen and oxygen atoms in total. The van der Waals surface area contributed by atoms with E-state index in [-0.39, 0.29) is 37.6 Å². The highest BCUT2D eigenvalue weighted by Crippen LogP contribution is 2.30. The molecule has 0 heterocycles. The molecular weight excluding hydrogens is 518 g/mol. The predicted octanol–water partition coefficient (Wildman–Crippen LogP) is 7.81. The highest BCUT2D eigenvalue weighted by Gasteiger charge is 2.17. The minimum absolute atomic E-state index is 0.123. The number of amides is 2. The smallest absolute Gasteiger partial charge is 0.323 e. The van der Waals surface area contributed by atoms with E-state index in [4.69, 9.17) is 9.47 Å². The van der Waals surface area contributed by atoms with Crippen LogP contribution < -0.4 is 15.5 Å². The van der Waals surface area contributed by atoms with Gasteiger partial charge in [0.25, 0.3) is 0 Å². The zero-order valence-electron chi connectivity index (χ0n) is 26.5. The lowest BCUT2D eigenvalue weighted by atomic mass is 10.1. The molecule has 0 fully saturated rings. The number of hydrogen-bond acceptors (Lipinski definition) is 6. The van der Waals surface area contributed by atoms with Crippen LogP contribution in [0.2, 0.25) is 0 Å². The summed E-state index contributed by atoms with van der Waals surface area (Å²) in [7, 11) is 0. The fraction of sp³-hybridized carbons (Fsp3) is 0.545. The van der Waals surface area contributed by atoms with Gasteiger partial charge in [-0.2, -0.15) is 0 Å². The molecule has 0 unspecified atom stereocenters. The number of esters is 2. The van der Waals surface area contributed by atoms with Crippen molar-refractivity contribution in [2.45, 2.75) is 81.6 Å². The molecule has 228 valence electrons. The lowest BCUT2D eigenvalue weighted by Crippen LogP contribution is -2.32. The predicted molar refractivity (Wildman–Crippen MR) is 168 cm³/mol. The summed E-state index contributed by atoms with van der Waals surface area (Å²) in [5, 5.41) is 5.92. The SMILES string of the molecule is CC.Cc1ccc(NC(=O)Nc2cc(CCC(=O)OCOC(=O)CC(C)C)ccc2N(CC(C)C)CC(C)C)cc1. The highest BCUT2D eigenvalue weighted by atomic mass is 16.7. The van der Waals surface area contributed by atoms with Gasteiger partial charge in [0.2, 0.25) is 6.79 Å². The second kappa shape index (κ2) is 18.7. The molecule has 0 saturated carbocycles. The largest absolute Gasteiger partial charge is 0.428 e. The summed E-state index contributed by atoms with van der Waals surface area (Å²) in [4.78, 5) is 39.1. The van der Waals surface area contributed by atoms with Crippen LogP contribution in [0.4, 0.5) is 21.9 Å². The van der Waals surface area contributed by atoms with Crippen LogP contribution in [0.15, 0.2) is 42.5 Å². The fourth-order valence-corrected chi connectivity index (χ4v) is 4.06. The molecule has 0 atom stereocenters. The third-order valence-electron chi connectivity index (χ3n) is 5.76. The van der Waals surface area contributed by atoms with E-state index in [9.17, 15) is 14.4 Å². The molecule has 0 bridgehead atoms. The molecule has 0 radical (unpaired) electrons. The van der Waals surface area contributed by atoms with Gasteiger partial charge >= 0.3 is 18.0 Å². The van der Waals surface area contributed by atoms with E-state index >= 15 is 0 Å². The fourth-order valence-electron chi connectivity index (χ4n) is 4.06. The molecule has 0 spiro atoms. The molecule has 41 heavy (non-hydrogen) atoms. The van der Waals surface area contributed by atoms with Crippen LogP contribution in [-0.4, -0.2) is 37.9 Å². The van der Waals surface area contributed by atoms with E-state index < -0.39 is 5.97 Å². The van der Waals surface area contributed by atoms with Gasteiger partial charge in [-0.15, -0.1) is 0 Å². The minimum Gasteiger partial charge on any atom is -0.428 e. The lowest BCUT2D eigenvalue weighted by Gasteiger charge is -2.30. The molecule has 0 saturated heterocycles. The molecule has 0 aliphatic carbocycles. The number of rotatable bonds is 14. The third-order valence-corrected chi connectivity index (χ3v) is 5.76. The number of nitrogens with zero attached hydrogens (tertiary/aromatic N) is 1. The van der Waals surface area contributed by atoms with Crippen molar-refractivity contribution in [2.75, 3.05) is 35.4 Å². The van der Waals surface area contributed by atoms with Crippen LogP contribution in [0.5, 0.6) is 0 Å². The molecule has 2 rings (SSSR count). The topological polar surface area (TPSA) is 97.0 Å². The van der Waals surface area contributed by atoms with Gasteiger partial charge < -0.3 is 25.0 Å². The van der Waals surface area contributed by atoms with Crippen molar-refractivity contribution < 1.29 is 23.9 Å². The van der Waals surface area contributed by atoms with Gasteiger partial charge in [-0.1, -0.05) is 79.2 Å². The van der Waals surface area contributed by atoms with E-state index in [2.05, 4.69) is 43.2 Å². The molecular formula is C33H51N3O5. The Morgan fingerprint density at radius 3 is 1.93 bits per heavy atom. The monoisotopic (exact) mass is 569 g/mol. The summed E-state index contributed by atoms with van der Waals surface area (Å²) in [6, 6.07) is 13.2. The Balaban J connectivity index is 0.00000411. The standard InChI is InChI=1S/C31H45N3O5.C2H6/c1-21(2)16-30(36)39-20-38-29(35)15-11-25-10-14-28(34(18-22(3)4)19-23(5)6)27(17-25)33-31(37)32-26-12-8-24(7)9-13-26;1-2/h8-10,12-14,17,21-23H,11,15-16,18-20H2,1-7H3,(H2,32,33,37);1-2H3. The normalized spacial score (nSPS) is 10.6. The molecule has 0 aliphatic heterocycles. The third kappa shape index (κ3) is 14.6. The van der Waals surface area contributed by atoms with Crippen molar-refractivity contribution in [1.29, 1.82) is 0 Å². The molecule has 2 amide bonds. The van der Waals surface area contributed by atoms with Crippen LogP contribution in [0.1, 0.15) is 79.4 Å². The van der Waals surface area contributed by atoms with E-state index in [0.717, 1.165) is 29.9 Å². The second-order valence-corrected chi connectivity index (χ2v) is 11.2. The van der Waals surface area contributed by atoms with Gasteiger partial charge in [0.1, 0.15) is 0 Å². The van der Waals surface area contributed by atoms with Gasteiger partial charge in [0.15, 0.2) is 0 Å². The number of carbonyl (C=O) groups excluding carboxylic acids is 3. The summed E-state index contributed by atoms with van der Waals surface area (Å²) in [6.45, 7) is 19.8. The first-order valence-electron chi connectivity index (χ1n) is 14.8. The quantitative estimate of drug-likeness (QED) is 0.178. The molecule has 0 aromatic heterocycles. The number of benzene rings is 2. The maximum atomic E-state index is 12.9. The second-order valence-electron chi connectivity index (χ2n) is 11.2. The number of carbonyl (C=O) groups is 3. The first-order valence-corrected chi connectivity index (χ1v) is 14.8. The zero-order valence-corrected chi connectivity index (χ0v) is 26.5. The molecule has 2 aromatic rings. The van der Waals surface area contributed by atoms with Crippen molar-refractivity contribution in [2.24, 2.45) is 17.8 Å². The molecule has 2 N–H and O–H groups in total. The van der Waals surface area contributed by atoms with Gasteiger partial charge in [-0.05, 0) is 60.9 Å². The van der Waals surface area contributed by atoms with Gasteiger partial charge in [-0.3, -0.25) is 9.59 Å². The summed E-state index contributed by atoms with van der Waals surface area (Å²) in [5.74, 6) is 0.198. The molecule has 2 aromatic carbocycles. The van der Waals surface area contributed by atoms with Gasteiger partial charge in [0.05, 0.1) is 11.4 Å². The van der Waals surface area contributed by atoms with Crippen molar-refractivity contribution >= 4 is 35.0 Å². The highest BCUT2D eigenvalue weighted by molar-refractivity contribution is 6.02. The Bertz CT molecular complexity index is 1070. The van der Waals surface area contributed by atoms with Gasteiger partial charge in [0, 0.05) is 31.6 Å². The first kappa shape index (κ1) is 35.5. The molecule has 0 aliphatic rings. The van der Waals surface area contributed by atoms with Crippen molar-refractivity contribution in [1.82, 2.24) is 0 Å². The summed E-state index contributed by atoms with van der Waals surface area (Å²) in [5.41, 5.74) is 4.30. The average Bonchev–Trinajstić information content (AvgIpc) is 2.88. The molecule has 8 heteroatoms. The Morgan fingerprint density at radius 1 is 0.780 bits per heavy atom. The Hall–Kier alpha value is -3.55. The maximum absolute atomic E-state index is 12.9. The van der Waals surface area contributed by atoms with E-state index in [1.54, 1.807) is 0 Å². The summed E-state index contributed by atoms with van der Waals surface area (Å²) >= 11 is 0. The number of anilines is 3. The van der Waals surface area contributed by atoms with Crippen LogP contribution >= 0.6 is 0 Å². The van der Waals surface area contributed by atoms with E-state index in [1.807, 2.05) is 77.1 Å². The van der Waals surface area contributed by atoms with E-state index in [0.29, 0.717) is 29.6 Å². The zero-order chi connectivity index (χ0) is 30.9. The summed E-state index contributed by atoms with van der Waals surface area (Å²) in [6.07, 6.45) is 0.821. The number of nitrogens with one attached hydrogen (secondary N) is 2.